The van der Waals surface area contributed by atoms with Gasteiger partial charge in [-0.15, -0.1) is 0 Å². The Kier molecular flexibility index (Phi) is 6.62. The summed E-state index contributed by atoms with van der Waals surface area (Å²) in [5, 5.41) is 7.49. The Morgan fingerprint density at radius 1 is 1.30 bits per heavy atom. The topological polar surface area (TPSA) is 54.7 Å². The van der Waals surface area contributed by atoms with Crippen molar-refractivity contribution in [3.05, 3.63) is 53.9 Å². The summed E-state index contributed by atoms with van der Waals surface area (Å²) in [6.07, 6.45) is 3.87. The SMILES string of the molecule is CN=C(NCCOCc1ccccc1)N(C)Cc1cnn(C)c1. The van der Waals surface area contributed by atoms with Gasteiger partial charge >= 0.3 is 0 Å². The minimum Gasteiger partial charge on any atom is -0.375 e. The first-order valence-corrected chi connectivity index (χ1v) is 7.70. The van der Waals surface area contributed by atoms with Crippen molar-refractivity contribution in [1.82, 2.24) is 20.0 Å². The number of hydrogen-bond acceptors (Lipinski definition) is 3. The van der Waals surface area contributed by atoms with Crippen LogP contribution in [0.1, 0.15) is 11.1 Å². The second-order valence-electron chi connectivity index (χ2n) is 5.39. The minimum atomic E-state index is 0.632. The zero-order chi connectivity index (χ0) is 16.5. The second-order valence-corrected chi connectivity index (χ2v) is 5.39. The maximum absolute atomic E-state index is 5.67. The van der Waals surface area contributed by atoms with Gasteiger partial charge in [0.1, 0.15) is 0 Å². The fraction of sp³-hybridized carbons (Fsp3) is 0.412. The lowest BCUT2D eigenvalue weighted by molar-refractivity contribution is 0.125. The van der Waals surface area contributed by atoms with E-state index in [0.717, 1.165) is 24.6 Å². The molecule has 0 atom stereocenters. The highest BCUT2D eigenvalue weighted by Crippen LogP contribution is 2.02. The molecule has 0 amide bonds. The van der Waals surface area contributed by atoms with Crippen LogP contribution in [0.25, 0.3) is 0 Å². The van der Waals surface area contributed by atoms with E-state index in [1.165, 1.54) is 5.56 Å². The van der Waals surface area contributed by atoms with Crippen LogP contribution in [0, 0.1) is 0 Å². The summed E-state index contributed by atoms with van der Waals surface area (Å²) >= 11 is 0. The zero-order valence-corrected chi connectivity index (χ0v) is 14.1. The highest BCUT2D eigenvalue weighted by atomic mass is 16.5. The van der Waals surface area contributed by atoms with Gasteiger partial charge in [0.15, 0.2) is 5.96 Å². The number of aryl methyl sites for hydroxylation is 1. The Balaban J connectivity index is 1.68. The highest BCUT2D eigenvalue weighted by molar-refractivity contribution is 5.79. The van der Waals surface area contributed by atoms with E-state index in [4.69, 9.17) is 4.74 Å². The number of guanidine groups is 1. The first kappa shape index (κ1) is 17.0. The number of aromatic nitrogens is 2. The van der Waals surface area contributed by atoms with Crippen LogP contribution in [0.15, 0.2) is 47.7 Å². The van der Waals surface area contributed by atoms with Crippen LogP contribution in [0.2, 0.25) is 0 Å². The van der Waals surface area contributed by atoms with Gasteiger partial charge in [-0.25, -0.2) is 0 Å². The predicted molar refractivity (Wildman–Crippen MR) is 92.1 cm³/mol. The van der Waals surface area contributed by atoms with Crippen LogP contribution in [-0.4, -0.2) is 47.9 Å². The molecule has 0 aliphatic heterocycles. The number of nitrogens with zero attached hydrogens (tertiary/aromatic N) is 4. The average Bonchev–Trinajstić information content (AvgIpc) is 2.96. The van der Waals surface area contributed by atoms with Crippen molar-refractivity contribution < 1.29 is 4.74 Å². The van der Waals surface area contributed by atoms with E-state index < -0.39 is 0 Å². The number of hydrogen-bond donors (Lipinski definition) is 1. The molecule has 0 aliphatic rings. The summed E-state index contributed by atoms with van der Waals surface area (Å²) in [7, 11) is 5.71. The average molecular weight is 315 g/mol. The lowest BCUT2D eigenvalue weighted by atomic mass is 10.2. The maximum atomic E-state index is 5.67. The van der Waals surface area contributed by atoms with Gasteiger partial charge in [0, 0.05) is 46.0 Å². The maximum Gasteiger partial charge on any atom is 0.193 e. The van der Waals surface area contributed by atoms with Gasteiger partial charge in [-0.3, -0.25) is 9.67 Å². The fourth-order valence-corrected chi connectivity index (χ4v) is 2.29. The molecule has 0 saturated carbocycles. The molecular weight excluding hydrogens is 290 g/mol. The van der Waals surface area contributed by atoms with Gasteiger partial charge in [0.05, 0.1) is 19.4 Å². The normalized spacial score (nSPS) is 11.5. The molecule has 2 rings (SSSR count). The fourth-order valence-electron chi connectivity index (χ4n) is 2.29. The van der Waals surface area contributed by atoms with Gasteiger partial charge in [-0.1, -0.05) is 30.3 Å². The number of rotatable bonds is 7. The van der Waals surface area contributed by atoms with Gasteiger partial charge < -0.3 is 15.0 Å². The summed E-state index contributed by atoms with van der Waals surface area (Å²) < 4.78 is 7.47. The molecule has 0 aliphatic carbocycles. The highest BCUT2D eigenvalue weighted by Gasteiger charge is 2.07. The quantitative estimate of drug-likeness (QED) is 0.479. The van der Waals surface area contributed by atoms with Crippen molar-refractivity contribution in [1.29, 1.82) is 0 Å². The molecule has 6 nitrogen and oxygen atoms in total. The first-order chi connectivity index (χ1) is 11.2. The summed E-state index contributed by atoms with van der Waals surface area (Å²) in [4.78, 5) is 6.36. The molecule has 0 bridgehead atoms. The van der Waals surface area contributed by atoms with Crippen molar-refractivity contribution in [3.63, 3.8) is 0 Å². The third-order valence-corrected chi connectivity index (χ3v) is 3.39. The van der Waals surface area contributed by atoms with Crippen LogP contribution in [0.3, 0.4) is 0 Å². The molecule has 23 heavy (non-hydrogen) atoms. The summed E-state index contributed by atoms with van der Waals surface area (Å²) in [5.74, 6) is 0.845. The van der Waals surface area contributed by atoms with E-state index >= 15 is 0 Å². The van der Waals surface area contributed by atoms with Crippen LogP contribution < -0.4 is 5.32 Å². The number of benzene rings is 1. The molecule has 1 N–H and O–H groups in total. The van der Waals surface area contributed by atoms with Crippen LogP contribution in [0.5, 0.6) is 0 Å². The molecule has 1 heterocycles. The Labute approximate surface area is 137 Å². The first-order valence-electron chi connectivity index (χ1n) is 7.70. The summed E-state index contributed by atoms with van der Waals surface area (Å²) in [5.41, 5.74) is 2.34. The van der Waals surface area contributed by atoms with Gasteiger partial charge in [0.25, 0.3) is 0 Å². The van der Waals surface area contributed by atoms with Crippen LogP contribution in [-0.2, 0) is 24.9 Å². The lowest BCUT2D eigenvalue weighted by Gasteiger charge is -2.21. The van der Waals surface area contributed by atoms with Crippen molar-refractivity contribution in [3.8, 4) is 0 Å². The lowest BCUT2D eigenvalue weighted by Crippen LogP contribution is -2.39. The monoisotopic (exact) mass is 315 g/mol. The number of aliphatic imine (C=N–C) groups is 1. The third kappa shape index (κ3) is 5.75. The number of ether oxygens (including phenoxy) is 1. The Morgan fingerprint density at radius 2 is 2.09 bits per heavy atom. The van der Waals surface area contributed by atoms with Gasteiger partial charge in [-0.2, -0.15) is 5.10 Å². The van der Waals surface area contributed by atoms with E-state index in [1.54, 1.807) is 11.7 Å². The van der Waals surface area contributed by atoms with Crippen LogP contribution >= 0.6 is 0 Å². The third-order valence-electron chi connectivity index (χ3n) is 3.39. The zero-order valence-electron chi connectivity index (χ0n) is 14.1. The molecular formula is C17H25N5O. The molecule has 2 aromatic rings. The number of nitrogens with one attached hydrogen (secondary N) is 1. The summed E-state index contributed by atoms with van der Waals surface area (Å²) in [6.45, 7) is 2.75. The molecule has 1 aromatic heterocycles. The molecule has 6 heteroatoms. The Bertz CT molecular complexity index is 608. The van der Waals surface area contributed by atoms with Crippen molar-refractivity contribution in [2.24, 2.45) is 12.0 Å². The van der Waals surface area contributed by atoms with Crippen molar-refractivity contribution in [2.45, 2.75) is 13.2 Å². The standard InChI is InChI=1S/C17H25N5O/c1-18-17(21(2)12-16-11-20-22(3)13-16)19-9-10-23-14-15-7-5-4-6-8-15/h4-8,11,13H,9-10,12,14H2,1-3H3,(H,18,19). The Hall–Kier alpha value is -2.34. The summed E-state index contributed by atoms with van der Waals surface area (Å²) in [6, 6.07) is 10.2. The van der Waals surface area contributed by atoms with Crippen molar-refractivity contribution >= 4 is 5.96 Å². The molecule has 0 saturated heterocycles. The van der Waals surface area contributed by atoms with Crippen LogP contribution in [0.4, 0.5) is 0 Å². The Morgan fingerprint density at radius 3 is 2.74 bits per heavy atom. The smallest absolute Gasteiger partial charge is 0.193 e. The van der Waals surface area contributed by atoms with E-state index in [9.17, 15) is 0 Å². The molecule has 0 unspecified atom stereocenters. The van der Waals surface area contributed by atoms with Gasteiger partial charge in [0.2, 0.25) is 0 Å². The van der Waals surface area contributed by atoms with E-state index in [-0.39, 0.29) is 0 Å². The van der Waals surface area contributed by atoms with E-state index in [2.05, 4.69) is 32.4 Å². The molecule has 1 aromatic carbocycles. The molecule has 0 fully saturated rings. The largest absolute Gasteiger partial charge is 0.375 e. The molecule has 0 spiro atoms. The van der Waals surface area contributed by atoms with E-state index in [0.29, 0.717) is 13.2 Å². The predicted octanol–water partition coefficient (Wildman–Crippen LogP) is 1.64. The second kappa shape index (κ2) is 8.95. The molecule has 124 valence electrons. The van der Waals surface area contributed by atoms with Gasteiger partial charge in [-0.05, 0) is 5.56 Å². The minimum absolute atomic E-state index is 0.632. The molecule has 0 radical (unpaired) electrons. The van der Waals surface area contributed by atoms with Crippen molar-refractivity contribution in [2.75, 3.05) is 27.2 Å². The van der Waals surface area contributed by atoms with E-state index in [1.807, 2.05) is 44.7 Å².